The first-order valence-electron chi connectivity index (χ1n) is 10.0. The second-order valence-corrected chi connectivity index (χ2v) is 10.3. The average Bonchev–Trinajstić information content (AvgIpc) is 3.22. The van der Waals surface area contributed by atoms with E-state index >= 15 is 0 Å². The fraction of sp³-hybridized carbons (Fsp3) is 0.0870. The molecule has 0 unspecified atom stereocenters. The number of hydrogen-bond acceptors (Lipinski definition) is 6. The fourth-order valence-electron chi connectivity index (χ4n) is 3.21. The lowest BCUT2D eigenvalue weighted by Gasteiger charge is -2.11. The molecule has 0 radical (unpaired) electrons. The first-order chi connectivity index (χ1) is 16.2. The van der Waals surface area contributed by atoms with Crippen molar-refractivity contribution in [2.75, 3.05) is 11.1 Å². The minimum Gasteiger partial charge on any atom is -0.325 e. The lowest BCUT2D eigenvalue weighted by molar-refractivity contribution is -0.113. The number of sulfonamides is 1. The summed E-state index contributed by atoms with van der Waals surface area (Å²) in [5.74, 6) is 0.430. The van der Waals surface area contributed by atoms with Crippen LogP contribution in [0.5, 0.6) is 0 Å². The van der Waals surface area contributed by atoms with Crippen LogP contribution in [-0.4, -0.2) is 34.8 Å². The van der Waals surface area contributed by atoms with E-state index in [1.54, 1.807) is 12.1 Å². The van der Waals surface area contributed by atoms with E-state index in [0.29, 0.717) is 21.7 Å². The number of amides is 1. The highest BCUT2D eigenvalue weighted by Crippen LogP contribution is 2.29. The molecule has 0 atom stereocenters. The Kier molecular flexibility index (Phi) is 7.03. The smallest absolute Gasteiger partial charge is 0.238 e. The minimum absolute atomic E-state index is 0.0281. The maximum absolute atomic E-state index is 12.5. The second-order valence-electron chi connectivity index (χ2n) is 7.39. The molecule has 1 heterocycles. The molecule has 3 N–H and O–H groups in total. The molecule has 4 rings (SSSR count). The third-order valence-corrected chi connectivity index (χ3v) is 6.90. The van der Waals surface area contributed by atoms with Gasteiger partial charge in [-0.3, -0.25) is 9.36 Å². The standard InChI is InChI=1S/C23H20ClN5O3S2/c1-15-3-2-4-16(13-15)22-27-28-23(29(22)19-9-5-17(24)6-10-19)33-14-21(30)26-18-7-11-20(12-8-18)34(25,31)32/h2-13H,14H2,1H3,(H,26,30)(H2,25,31,32). The first-order valence-corrected chi connectivity index (χ1v) is 13.0. The number of aryl methyl sites for hydroxylation is 1. The molecular formula is C23H20ClN5O3S2. The Morgan fingerprint density at radius 3 is 2.41 bits per heavy atom. The maximum atomic E-state index is 12.5. The molecule has 0 bridgehead atoms. The lowest BCUT2D eigenvalue weighted by atomic mass is 10.1. The number of nitrogens with zero attached hydrogens (tertiary/aromatic N) is 3. The molecule has 174 valence electrons. The number of hydrogen-bond donors (Lipinski definition) is 2. The number of carbonyl (C=O) groups excluding carboxylic acids is 1. The van der Waals surface area contributed by atoms with Gasteiger partial charge in [-0.2, -0.15) is 0 Å². The Balaban J connectivity index is 1.56. The number of benzene rings is 3. The zero-order valence-corrected chi connectivity index (χ0v) is 20.4. The Hall–Kier alpha value is -3.18. The monoisotopic (exact) mass is 513 g/mol. The Morgan fingerprint density at radius 2 is 1.76 bits per heavy atom. The van der Waals surface area contributed by atoms with Crippen molar-refractivity contribution >= 4 is 45.0 Å². The van der Waals surface area contributed by atoms with Crippen LogP contribution in [0.2, 0.25) is 5.02 Å². The van der Waals surface area contributed by atoms with Crippen molar-refractivity contribution < 1.29 is 13.2 Å². The van der Waals surface area contributed by atoms with E-state index in [1.807, 2.05) is 47.9 Å². The van der Waals surface area contributed by atoms with Crippen molar-refractivity contribution in [1.82, 2.24) is 14.8 Å². The predicted octanol–water partition coefficient (Wildman–Crippen LogP) is 4.27. The number of anilines is 1. The van der Waals surface area contributed by atoms with Gasteiger partial charge < -0.3 is 5.32 Å². The van der Waals surface area contributed by atoms with Crippen molar-refractivity contribution in [2.24, 2.45) is 5.14 Å². The van der Waals surface area contributed by atoms with Gasteiger partial charge in [0, 0.05) is 22.0 Å². The van der Waals surface area contributed by atoms with Crippen LogP contribution in [0.25, 0.3) is 17.1 Å². The fourth-order valence-corrected chi connectivity index (χ4v) is 4.61. The molecule has 0 spiro atoms. The van der Waals surface area contributed by atoms with E-state index in [0.717, 1.165) is 16.8 Å². The zero-order chi connectivity index (χ0) is 24.3. The molecule has 0 aliphatic rings. The number of rotatable bonds is 7. The third-order valence-electron chi connectivity index (χ3n) is 4.79. The highest BCUT2D eigenvalue weighted by atomic mass is 35.5. The van der Waals surface area contributed by atoms with Crippen LogP contribution < -0.4 is 10.5 Å². The topological polar surface area (TPSA) is 120 Å². The molecule has 3 aromatic carbocycles. The highest BCUT2D eigenvalue weighted by Gasteiger charge is 2.18. The number of nitrogens with two attached hydrogens (primary N) is 1. The van der Waals surface area contributed by atoms with Gasteiger partial charge in [-0.1, -0.05) is 47.1 Å². The number of primary sulfonamides is 1. The van der Waals surface area contributed by atoms with Crippen LogP contribution in [0.1, 0.15) is 5.56 Å². The van der Waals surface area contributed by atoms with Gasteiger partial charge in [-0.25, -0.2) is 13.6 Å². The van der Waals surface area contributed by atoms with Crippen molar-refractivity contribution in [3.8, 4) is 17.1 Å². The van der Waals surface area contributed by atoms with Crippen LogP contribution in [0.4, 0.5) is 5.69 Å². The van der Waals surface area contributed by atoms with Crippen molar-refractivity contribution in [1.29, 1.82) is 0 Å². The van der Waals surface area contributed by atoms with Gasteiger partial charge in [-0.15, -0.1) is 10.2 Å². The highest BCUT2D eigenvalue weighted by molar-refractivity contribution is 7.99. The quantitative estimate of drug-likeness (QED) is 0.356. The summed E-state index contributed by atoms with van der Waals surface area (Å²) in [5, 5.41) is 17.7. The van der Waals surface area contributed by atoms with Crippen LogP contribution in [0.3, 0.4) is 0 Å². The molecule has 8 nitrogen and oxygen atoms in total. The van der Waals surface area contributed by atoms with E-state index < -0.39 is 10.0 Å². The van der Waals surface area contributed by atoms with E-state index in [2.05, 4.69) is 15.5 Å². The third kappa shape index (κ3) is 5.65. The van der Waals surface area contributed by atoms with Gasteiger partial charge >= 0.3 is 0 Å². The van der Waals surface area contributed by atoms with Crippen LogP contribution in [0.15, 0.2) is 82.8 Å². The number of halogens is 1. The van der Waals surface area contributed by atoms with E-state index in [9.17, 15) is 13.2 Å². The van der Waals surface area contributed by atoms with Crippen LogP contribution in [0, 0.1) is 6.92 Å². The van der Waals surface area contributed by atoms with Gasteiger partial charge in [0.15, 0.2) is 11.0 Å². The molecule has 0 aliphatic carbocycles. The molecule has 11 heteroatoms. The largest absolute Gasteiger partial charge is 0.325 e. The van der Waals surface area contributed by atoms with Gasteiger partial charge in [0.25, 0.3) is 0 Å². The van der Waals surface area contributed by atoms with E-state index in [-0.39, 0.29) is 16.6 Å². The van der Waals surface area contributed by atoms with E-state index in [1.165, 1.54) is 36.0 Å². The molecule has 0 aliphatic heterocycles. The van der Waals surface area contributed by atoms with Gasteiger partial charge in [0.05, 0.1) is 10.6 Å². The summed E-state index contributed by atoms with van der Waals surface area (Å²) in [5.41, 5.74) is 3.25. The number of nitrogens with one attached hydrogen (secondary N) is 1. The molecule has 1 amide bonds. The molecule has 34 heavy (non-hydrogen) atoms. The number of aromatic nitrogens is 3. The van der Waals surface area contributed by atoms with Gasteiger partial charge in [0.1, 0.15) is 0 Å². The summed E-state index contributed by atoms with van der Waals surface area (Å²) < 4.78 is 24.6. The SMILES string of the molecule is Cc1cccc(-c2nnc(SCC(=O)Nc3ccc(S(N)(=O)=O)cc3)n2-c2ccc(Cl)cc2)c1. The summed E-state index contributed by atoms with van der Waals surface area (Å²) in [6.07, 6.45) is 0. The van der Waals surface area contributed by atoms with Gasteiger partial charge in [-0.05, 0) is 61.5 Å². The minimum atomic E-state index is -3.79. The predicted molar refractivity (Wildman–Crippen MR) is 134 cm³/mol. The summed E-state index contributed by atoms with van der Waals surface area (Å²) in [6.45, 7) is 2.00. The molecule has 4 aromatic rings. The summed E-state index contributed by atoms with van der Waals surface area (Å²) >= 11 is 7.29. The normalized spacial score (nSPS) is 11.4. The molecular weight excluding hydrogens is 494 g/mol. The Bertz CT molecular complexity index is 1440. The Labute approximate surface area is 206 Å². The van der Waals surface area contributed by atoms with Gasteiger partial charge in [0.2, 0.25) is 15.9 Å². The van der Waals surface area contributed by atoms with Crippen molar-refractivity contribution in [3.63, 3.8) is 0 Å². The van der Waals surface area contributed by atoms with Crippen molar-refractivity contribution in [2.45, 2.75) is 17.0 Å². The number of carbonyl (C=O) groups is 1. The number of thioether (sulfide) groups is 1. The molecule has 0 saturated carbocycles. The summed E-state index contributed by atoms with van der Waals surface area (Å²) in [6, 6.07) is 20.8. The first kappa shape index (κ1) is 24.0. The summed E-state index contributed by atoms with van der Waals surface area (Å²) in [4.78, 5) is 12.5. The molecule has 0 saturated heterocycles. The lowest BCUT2D eigenvalue weighted by Crippen LogP contribution is -2.15. The maximum Gasteiger partial charge on any atom is 0.238 e. The van der Waals surface area contributed by atoms with Crippen LogP contribution >= 0.6 is 23.4 Å². The molecule has 0 fully saturated rings. The second kappa shape index (κ2) is 9.98. The zero-order valence-electron chi connectivity index (χ0n) is 18.0. The van der Waals surface area contributed by atoms with E-state index in [4.69, 9.17) is 16.7 Å². The average molecular weight is 514 g/mol. The van der Waals surface area contributed by atoms with Crippen LogP contribution in [-0.2, 0) is 14.8 Å². The summed E-state index contributed by atoms with van der Waals surface area (Å²) in [7, 11) is -3.79. The molecule has 1 aromatic heterocycles. The Morgan fingerprint density at radius 1 is 1.06 bits per heavy atom. The van der Waals surface area contributed by atoms with Crippen molar-refractivity contribution in [3.05, 3.63) is 83.4 Å².